The van der Waals surface area contributed by atoms with Gasteiger partial charge in [-0.15, -0.1) is 11.3 Å². The van der Waals surface area contributed by atoms with E-state index in [1.54, 1.807) is 13.8 Å². The average Bonchev–Trinajstić information content (AvgIpc) is 2.54. The molecular weight excluding hydrogens is 186 g/mol. The van der Waals surface area contributed by atoms with Gasteiger partial charge in [0.15, 0.2) is 0 Å². The molecule has 0 saturated heterocycles. The van der Waals surface area contributed by atoms with E-state index < -0.39 is 17.4 Å². The van der Waals surface area contributed by atoms with E-state index in [1.165, 1.54) is 11.3 Å². The van der Waals surface area contributed by atoms with Crippen LogP contribution in [-0.2, 0) is 4.79 Å². The molecule has 1 heterocycles. The molecule has 1 rings (SSSR count). The molecular formula is C9H13NO2S. The van der Waals surface area contributed by atoms with Crippen molar-refractivity contribution in [1.29, 1.82) is 0 Å². The standard InChI is InChI=1S/C9H13NO2S/c1-9(2,8(11)12)7(10)6-4-3-5-13-6/h3-5,7H,10H2,1-2H3,(H,11,12). The molecule has 0 aromatic carbocycles. The average molecular weight is 199 g/mol. The summed E-state index contributed by atoms with van der Waals surface area (Å²) in [4.78, 5) is 11.8. The number of carboxylic acid groups (broad SMARTS) is 1. The van der Waals surface area contributed by atoms with Gasteiger partial charge in [0.05, 0.1) is 11.5 Å². The van der Waals surface area contributed by atoms with Crippen LogP contribution in [0.2, 0.25) is 0 Å². The minimum Gasteiger partial charge on any atom is -0.481 e. The lowest BCUT2D eigenvalue weighted by Gasteiger charge is -2.25. The van der Waals surface area contributed by atoms with Crippen molar-refractivity contribution in [2.75, 3.05) is 0 Å². The van der Waals surface area contributed by atoms with Gasteiger partial charge in [-0.25, -0.2) is 0 Å². The summed E-state index contributed by atoms with van der Waals surface area (Å²) in [6.45, 7) is 3.28. The molecule has 0 spiro atoms. The van der Waals surface area contributed by atoms with Gasteiger partial charge in [-0.05, 0) is 25.3 Å². The van der Waals surface area contributed by atoms with Gasteiger partial charge in [0.1, 0.15) is 0 Å². The second kappa shape index (κ2) is 3.47. The molecule has 0 amide bonds. The molecule has 0 saturated carbocycles. The zero-order valence-corrected chi connectivity index (χ0v) is 8.47. The Morgan fingerprint density at radius 1 is 1.69 bits per heavy atom. The minimum atomic E-state index is -0.912. The third-order valence-corrected chi connectivity index (χ3v) is 3.13. The number of carboxylic acids is 1. The number of thiophene rings is 1. The summed E-state index contributed by atoms with van der Waals surface area (Å²) < 4.78 is 0. The van der Waals surface area contributed by atoms with Crippen molar-refractivity contribution in [1.82, 2.24) is 0 Å². The number of carbonyl (C=O) groups is 1. The summed E-state index contributed by atoms with van der Waals surface area (Å²) in [5.74, 6) is -0.867. The molecule has 0 fully saturated rings. The predicted molar refractivity (Wildman–Crippen MR) is 52.7 cm³/mol. The summed E-state index contributed by atoms with van der Waals surface area (Å²) >= 11 is 1.49. The Balaban J connectivity index is 2.90. The SMILES string of the molecule is CC(C)(C(=O)O)C(N)c1cccs1. The number of aliphatic carboxylic acids is 1. The highest BCUT2D eigenvalue weighted by atomic mass is 32.1. The maximum atomic E-state index is 10.9. The van der Waals surface area contributed by atoms with Crippen molar-refractivity contribution >= 4 is 17.3 Å². The molecule has 0 bridgehead atoms. The van der Waals surface area contributed by atoms with Gasteiger partial charge < -0.3 is 10.8 Å². The quantitative estimate of drug-likeness (QED) is 0.781. The van der Waals surface area contributed by atoms with Crippen molar-refractivity contribution in [3.8, 4) is 0 Å². The first-order valence-electron chi connectivity index (χ1n) is 3.98. The Hall–Kier alpha value is -0.870. The first kappa shape index (κ1) is 10.2. The summed E-state index contributed by atoms with van der Waals surface area (Å²) in [5.41, 5.74) is 4.94. The second-order valence-corrected chi connectivity index (χ2v) is 4.50. The fourth-order valence-corrected chi connectivity index (χ4v) is 1.87. The van der Waals surface area contributed by atoms with Crippen LogP contribution in [0.25, 0.3) is 0 Å². The first-order valence-corrected chi connectivity index (χ1v) is 4.86. The van der Waals surface area contributed by atoms with Gasteiger partial charge in [0.2, 0.25) is 0 Å². The Bertz CT molecular complexity index is 293. The maximum Gasteiger partial charge on any atom is 0.311 e. The third-order valence-electron chi connectivity index (χ3n) is 2.18. The lowest BCUT2D eigenvalue weighted by Crippen LogP contribution is -2.35. The van der Waals surface area contributed by atoms with Crippen molar-refractivity contribution in [3.63, 3.8) is 0 Å². The summed E-state index contributed by atoms with van der Waals surface area (Å²) in [5, 5.41) is 10.8. The van der Waals surface area contributed by atoms with Crippen molar-refractivity contribution < 1.29 is 9.90 Å². The van der Waals surface area contributed by atoms with Gasteiger partial charge in [-0.1, -0.05) is 6.07 Å². The van der Waals surface area contributed by atoms with E-state index in [4.69, 9.17) is 10.8 Å². The van der Waals surface area contributed by atoms with E-state index in [1.807, 2.05) is 17.5 Å². The highest BCUT2D eigenvalue weighted by molar-refractivity contribution is 7.10. The van der Waals surface area contributed by atoms with E-state index in [0.29, 0.717) is 0 Å². The molecule has 0 aliphatic rings. The van der Waals surface area contributed by atoms with Gasteiger partial charge in [0, 0.05) is 4.88 Å². The van der Waals surface area contributed by atoms with Crippen LogP contribution in [0, 0.1) is 5.41 Å². The van der Waals surface area contributed by atoms with Crippen LogP contribution in [0.5, 0.6) is 0 Å². The van der Waals surface area contributed by atoms with Crippen LogP contribution in [-0.4, -0.2) is 11.1 Å². The molecule has 4 heteroatoms. The second-order valence-electron chi connectivity index (χ2n) is 3.52. The van der Waals surface area contributed by atoms with Gasteiger partial charge in [-0.2, -0.15) is 0 Å². The summed E-state index contributed by atoms with van der Waals surface area (Å²) in [6.07, 6.45) is 0. The van der Waals surface area contributed by atoms with E-state index in [2.05, 4.69) is 0 Å². The van der Waals surface area contributed by atoms with Crippen molar-refractivity contribution in [3.05, 3.63) is 22.4 Å². The van der Waals surface area contributed by atoms with Crippen molar-refractivity contribution in [2.24, 2.45) is 11.1 Å². The fraction of sp³-hybridized carbons (Fsp3) is 0.444. The highest BCUT2D eigenvalue weighted by Crippen LogP contribution is 2.33. The van der Waals surface area contributed by atoms with Crippen molar-refractivity contribution in [2.45, 2.75) is 19.9 Å². The lowest BCUT2D eigenvalue weighted by molar-refractivity contribution is -0.148. The number of hydrogen-bond donors (Lipinski definition) is 2. The predicted octanol–water partition coefficient (Wildman–Crippen LogP) is 1.86. The van der Waals surface area contributed by atoms with E-state index >= 15 is 0 Å². The molecule has 3 nitrogen and oxygen atoms in total. The van der Waals surface area contributed by atoms with E-state index in [-0.39, 0.29) is 0 Å². The Morgan fingerprint density at radius 3 is 2.69 bits per heavy atom. The molecule has 72 valence electrons. The first-order chi connectivity index (χ1) is 5.96. The molecule has 1 aromatic rings. The number of rotatable bonds is 3. The van der Waals surface area contributed by atoms with Gasteiger partial charge in [-0.3, -0.25) is 4.79 Å². The largest absolute Gasteiger partial charge is 0.481 e. The zero-order chi connectivity index (χ0) is 10.1. The molecule has 1 aromatic heterocycles. The van der Waals surface area contributed by atoms with Gasteiger partial charge >= 0.3 is 5.97 Å². The minimum absolute atomic E-state index is 0.440. The number of nitrogens with two attached hydrogens (primary N) is 1. The van der Waals surface area contributed by atoms with Crippen LogP contribution >= 0.6 is 11.3 Å². The molecule has 0 aliphatic carbocycles. The van der Waals surface area contributed by atoms with E-state index in [0.717, 1.165) is 4.88 Å². The third kappa shape index (κ3) is 1.89. The molecule has 1 unspecified atom stereocenters. The number of hydrogen-bond acceptors (Lipinski definition) is 3. The molecule has 3 N–H and O–H groups in total. The van der Waals surface area contributed by atoms with Gasteiger partial charge in [0.25, 0.3) is 0 Å². The van der Waals surface area contributed by atoms with Crippen LogP contribution in [0.3, 0.4) is 0 Å². The monoisotopic (exact) mass is 199 g/mol. The Morgan fingerprint density at radius 2 is 2.31 bits per heavy atom. The molecule has 0 aliphatic heterocycles. The molecule has 1 atom stereocenters. The van der Waals surface area contributed by atoms with Crippen LogP contribution in [0.1, 0.15) is 24.8 Å². The Labute approximate surface area is 81.2 Å². The molecule has 0 radical (unpaired) electrons. The normalized spacial score (nSPS) is 14.1. The topological polar surface area (TPSA) is 63.3 Å². The Kier molecular flexibility index (Phi) is 2.73. The van der Waals surface area contributed by atoms with Crippen LogP contribution < -0.4 is 5.73 Å². The lowest BCUT2D eigenvalue weighted by atomic mass is 9.84. The highest BCUT2D eigenvalue weighted by Gasteiger charge is 2.35. The fourth-order valence-electron chi connectivity index (χ4n) is 0.957. The van der Waals surface area contributed by atoms with E-state index in [9.17, 15) is 4.79 Å². The summed E-state index contributed by atoms with van der Waals surface area (Å²) in [7, 11) is 0. The smallest absolute Gasteiger partial charge is 0.311 e. The van der Waals surface area contributed by atoms with Crippen LogP contribution in [0.15, 0.2) is 17.5 Å². The van der Waals surface area contributed by atoms with Crippen LogP contribution in [0.4, 0.5) is 0 Å². The maximum absolute atomic E-state index is 10.9. The summed E-state index contributed by atoms with van der Waals surface area (Å²) in [6, 6.07) is 3.29. The molecule has 13 heavy (non-hydrogen) atoms. The zero-order valence-electron chi connectivity index (χ0n) is 7.65.